The third-order valence-electron chi connectivity index (χ3n) is 5.26. The van der Waals surface area contributed by atoms with Crippen LogP contribution in [0.15, 0.2) is 24.5 Å². The van der Waals surface area contributed by atoms with Crippen LogP contribution >= 0.6 is 0 Å². The van der Waals surface area contributed by atoms with Gasteiger partial charge in [0.25, 0.3) is 0 Å². The van der Waals surface area contributed by atoms with Crippen LogP contribution in [0.2, 0.25) is 0 Å². The van der Waals surface area contributed by atoms with Gasteiger partial charge < -0.3 is 9.80 Å². The van der Waals surface area contributed by atoms with Crippen LogP contribution in [0.25, 0.3) is 0 Å². The molecule has 0 saturated carbocycles. The topological polar surface area (TPSA) is 56.8 Å². The molecule has 136 valence electrons. The van der Waals surface area contributed by atoms with Gasteiger partial charge in [0.1, 0.15) is 0 Å². The fourth-order valence-electron chi connectivity index (χ4n) is 4.10. The summed E-state index contributed by atoms with van der Waals surface area (Å²) in [7, 11) is 1.86. The zero-order valence-electron chi connectivity index (χ0n) is 15.4. The number of likely N-dealkylation sites (tertiary alicyclic amines) is 1. The molecular weight excluding hydrogens is 316 g/mol. The molecular formula is C19H28N4O2. The van der Waals surface area contributed by atoms with Crippen LogP contribution in [-0.4, -0.2) is 71.3 Å². The van der Waals surface area contributed by atoms with Gasteiger partial charge in [0.05, 0.1) is 0 Å². The SMILES string of the molecule is CC(C)C(=O)N1CCN(Cc2ccncc2)CC2(CC(=O)N(C)C2)C1. The van der Waals surface area contributed by atoms with Crippen molar-refractivity contribution in [3.05, 3.63) is 30.1 Å². The molecule has 2 amide bonds. The first-order valence-electron chi connectivity index (χ1n) is 9.03. The number of aromatic nitrogens is 1. The number of rotatable bonds is 3. The molecule has 0 aliphatic carbocycles. The highest BCUT2D eigenvalue weighted by Crippen LogP contribution is 2.35. The van der Waals surface area contributed by atoms with Gasteiger partial charge in [0.2, 0.25) is 11.8 Å². The fourth-order valence-corrected chi connectivity index (χ4v) is 4.10. The van der Waals surface area contributed by atoms with Crippen LogP contribution in [0.5, 0.6) is 0 Å². The Morgan fingerprint density at radius 3 is 2.52 bits per heavy atom. The number of nitrogens with zero attached hydrogens (tertiary/aromatic N) is 4. The van der Waals surface area contributed by atoms with E-state index in [1.54, 1.807) is 0 Å². The smallest absolute Gasteiger partial charge is 0.225 e. The predicted molar refractivity (Wildman–Crippen MR) is 95.6 cm³/mol. The number of hydrogen-bond acceptors (Lipinski definition) is 4. The number of hydrogen-bond donors (Lipinski definition) is 0. The van der Waals surface area contributed by atoms with Gasteiger partial charge in [-0.3, -0.25) is 19.5 Å². The van der Waals surface area contributed by atoms with E-state index in [4.69, 9.17) is 0 Å². The number of amides is 2. The van der Waals surface area contributed by atoms with Crippen LogP contribution in [0.4, 0.5) is 0 Å². The zero-order valence-corrected chi connectivity index (χ0v) is 15.4. The Hall–Kier alpha value is -1.95. The molecule has 0 bridgehead atoms. The van der Waals surface area contributed by atoms with Crippen LogP contribution < -0.4 is 0 Å². The Bertz CT molecular complexity index is 634. The van der Waals surface area contributed by atoms with Gasteiger partial charge in [-0.05, 0) is 17.7 Å². The third kappa shape index (κ3) is 4.00. The van der Waals surface area contributed by atoms with Gasteiger partial charge in [-0.2, -0.15) is 0 Å². The minimum atomic E-state index is -0.167. The van der Waals surface area contributed by atoms with Crippen molar-refractivity contribution in [3.63, 3.8) is 0 Å². The molecule has 0 radical (unpaired) electrons. The van der Waals surface area contributed by atoms with Crippen LogP contribution in [-0.2, 0) is 16.1 Å². The van der Waals surface area contributed by atoms with E-state index in [2.05, 4.69) is 9.88 Å². The molecule has 2 saturated heterocycles. The summed E-state index contributed by atoms with van der Waals surface area (Å²) in [6.45, 7) is 8.51. The standard InChI is InChI=1S/C19H28N4O2/c1-15(2)18(25)23-9-8-22(11-16-4-6-20-7-5-16)13-19(14-23)10-17(24)21(3)12-19/h4-7,15H,8-14H2,1-3H3. The van der Waals surface area contributed by atoms with Gasteiger partial charge in [-0.1, -0.05) is 13.8 Å². The Morgan fingerprint density at radius 2 is 1.92 bits per heavy atom. The summed E-state index contributed by atoms with van der Waals surface area (Å²) in [5.74, 6) is 0.355. The van der Waals surface area contributed by atoms with E-state index < -0.39 is 0 Å². The van der Waals surface area contributed by atoms with Crippen molar-refractivity contribution in [1.29, 1.82) is 0 Å². The average molecular weight is 344 g/mol. The minimum Gasteiger partial charge on any atom is -0.345 e. The molecule has 0 aromatic carbocycles. The zero-order chi connectivity index (χ0) is 18.0. The van der Waals surface area contributed by atoms with E-state index in [0.29, 0.717) is 13.0 Å². The van der Waals surface area contributed by atoms with E-state index in [0.717, 1.165) is 32.7 Å². The summed E-state index contributed by atoms with van der Waals surface area (Å²) >= 11 is 0. The normalized spacial score (nSPS) is 25.0. The largest absolute Gasteiger partial charge is 0.345 e. The van der Waals surface area contributed by atoms with E-state index >= 15 is 0 Å². The number of carbonyl (C=O) groups is 2. The van der Waals surface area contributed by atoms with Gasteiger partial charge in [0, 0.05) is 76.5 Å². The number of carbonyl (C=O) groups excluding carboxylic acids is 2. The molecule has 2 fully saturated rings. The van der Waals surface area contributed by atoms with E-state index in [1.807, 2.05) is 55.2 Å². The summed E-state index contributed by atoms with van der Waals surface area (Å²) in [5.41, 5.74) is 1.05. The first kappa shape index (κ1) is 17.9. The van der Waals surface area contributed by atoms with Crippen molar-refractivity contribution in [2.75, 3.05) is 39.8 Å². The van der Waals surface area contributed by atoms with Crippen LogP contribution in [0, 0.1) is 11.3 Å². The van der Waals surface area contributed by atoms with Crippen molar-refractivity contribution in [3.8, 4) is 0 Å². The molecule has 1 unspecified atom stereocenters. The molecule has 1 aromatic heterocycles. The van der Waals surface area contributed by atoms with Crippen molar-refractivity contribution in [1.82, 2.24) is 19.7 Å². The second kappa shape index (κ2) is 7.12. The monoisotopic (exact) mass is 344 g/mol. The van der Waals surface area contributed by atoms with Crippen molar-refractivity contribution >= 4 is 11.8 Å². The van der Waals surface area contributed by atoms with E-state index in [-0.39, 0.29) is 23.1 Å². The first-order valence-corrected chi connectivity index (χ1v) is 9.03. The highest BCUT2D eigenvalue weighted by atomic mass is 16.2. The Morgan fingerprint density at radius 1 is 1.20 bits per heavy atom. The first-order chi connectivity index (χ1) is 11.9. The predicted octanol–water partition coefficient (Wildman–Crippen LogP) is 1.23. The maximum Gasteiger partial charge on any atom is 0.225 e. The minimum absolute atomic E-state index is 0.0152. The van der Waals surface area contributed by atoms with Gasteiger partial charge >= 0.3 is 0 Å². The van der Waals surface area contributed by atoms with Crippen molar-refractivity contribution in [2.45, 2.75) is 26.8 Å². The summed E-state index contributed by atoms with van der Waals surface area (Å²) in [6.07, 6.45) is 4.15. The maximum absolute atomic E-state index is 12.6. The molecule has 6 heteroatoms. The quantitative estimate of drug-likeness (QED) is 0.828. The molecule has 1 aromatic rings. The van der Waals surface area contributed by atoms with E-state index in [1.165, 1.54) is 5.56 Å². The summed E-state index contributed by atoms with van der Waals surface area (Å²) < 4.78 is 0. The molecule has 25 heavy (non-hydrogen) atoms. The van der Waals surface area contributed by atoms with Crippen molar-refractivity contribution < 1.29 is 9.59 Å². The molecule has 1 atom stereocenters. The van der Waals surface area contributed by atoms with Crippen LogP contribution in [0.1, 0.15) is 25.8 Å². The Kier molecular flexibility index (Phi) is 5.08. The van der Waals surface area contributed by atoms with Gasteiger partial charge in [0.15, 0.2) is 0 Å². The summed E-state index contributed by atoms with van der Waals surface area (Å²) in [5, 5.41) is 0. The van der Waals surface area contributed by atoms with Gasteiger partial charge in [-0.15, -0.1) is 0 Å². The molecule has 2 aliphatic heterocycles. The second-order valence-corrected chi connectivity index (χ2v) is 7.91. The Labute approximate surface area is 149 Å². The second-order valence-electron chi connectivity index (χ2n) is 7.91. The third-order valence-corrected chi connectivity index (χ3v) is 5.26. The lowest BCUT2D eigenvalue weighted by atomic mass is 9.85. The summed E-state index contributed by atoms with van der Waals surface area (Å²) in [6, 6.07) is 4.06. The molecule has 6 nitrogen and oxygen atoms in total. The lowest BCUT2D eigenvalue weighted by Gasteiger charge is -2.34. The molecule has 3 rings (SSSR count). The van der Waals surface area contributed by atoms with Crippen molar-refractivity contribution in [2.24, 2.45) is 11.3 Å². The lowest BCUT2D eigenvalue weighted by molar-refractivity contribution is -0.135. The lowest BCUT2D eigenvalue weighted by Crippen LogP contribution is -2.45. The average Bonchev–Trinajstić information content (AvgIpc) is 2.74. The van der Waals surface area contributed by atoms with Gasteiger partial charge in [-0.25, -0.2) is 0 Å². The fraction of sp³-hybridized carbons (Fsp3) is 0.632. The van der Waals surface area contributed by atoms with E-state index in [9.17, 15) is 9.59 Å². The van der Waals surface area contributed by atoms with Crippen LogP contribution in [0.3, 0.4) is 0 Å². The molecule has 3 heterocycles. The highest BCUT2D eigenvalue weighted by molar-refractivity contribution is 5.80. The molecule has 0 N–H and O–H groups in total. The molecule has 2 aliphatic rings. The highest BCUT2D eigenvalue weighted by Gasteiger charge is 2.46. The maximum atomic E-state index is 12.6. The summed E-state index contributed by atoms with van der Waals surface area (Å²) in [4.78, 5) is 35.1. The Balaban J connectivity index is 1.81. The number of pyridine rings is 1. The molecule has 1 spiro atoms.